The Bertz CT molecular complexity index is 766. The molecule has 0 atom stereocenters. The summed E-state index contributed by atoms with van der Waals surface area (Å²) in [6.07, 6.45) is 0. The fraction of sp³-hybridized carbons (Fsp3) is 0.222. The van der Waals surface area contributed by atoms with E-state index < -0.39 is 0 Å². The summed E-state index contributed by atoms with van der Waals surface area (Å²) in [5.74, 6) is -0.307. The molecule has 0 aromatic heterocycles. The molecular weight excluding hydrogens is 347 g/mol. The van der Waals surface area contributed by atoms with Crippen LogP contribution in [0.4, 0.5) is 11.4 Å². The topological polar surface area (TPSA) is 40.6 Å². The van der Waals surface area contributed by atoms with Gasteiger partial charge in [-0.1, -0.05) is 35.3 Å². The number of amides is 2. The largest absolute Gasteiger partial charge is 0.301 e. The van der Waals surface area contributed by atoms with Crippen molar-refractivity contribution in [3.63, 3.8) is 0 Å². The summed E-state index contributed by atoms with van der Waals surface area (Å²) in [5, 5.41) is 1.14. The van der Waals surface area contributed by atoms with Crippen molar-refractivity contribution in [2.45, 2.75) is 13.8 Å². The molecule has 2 amide bonds. The first kappa shape index (κ1) is 16.8. The number of rotatable bonds is 2. The van der Waals surface area contributed by atoms with Gasteiger partial charge >= 0.3 is 0 Å². The van der Waals surface area contributed by atoms with Crippen LogP contribution in [0.5, 0.6) is 0 Å². The maximum atomic E-state index is 12.6. The Morgan fingerprint density at radius 2 is 1.12 bits per heavy atom. The fourth-order valence-electron chi connectivity index (χ4n) is 2.83. The van der Waals surface area contributed by atoms with Gasteiger partial charge in [-0.05, 0) is 49.2 Å². The molecule has 1 saturated heterocycles. The van der Waals surface area contributed by atoms with E-state index >= 15 is 0 Å². The second kappa shape index (κ2) is 6.46. The van der Waals surface area contributed by atoms with Gasteiger partial charge in [-0.2, -0.15) is 0 Å². The minimum absolute atomic E-state index is 0.0219. The second-order valence-electron chi connectivity index (χ2n) is 5.73. The third-order valence-electron chi connectivity index (χ3n) is 4.25. The molecule has 0 bridgehead atoms. The van der Waals surface area contributed by atoms with E-state index in [1.165, 1.54) is 9.80 Å². The number of carbonyl (C=O) groups is 2. The summed E-state index contributed by atoms with van der Waals surface area (Å²) >= 11 is 12.3. The van der Waals surface area contributed by atoms with Crippen LogP contribution in [0.1, 0.15) is 11.1 Å². The van der Waals surface area contributed by atoms with Gasteiger partial charge in [0.15, 0.2) is 0 Å². The van der Waals surface area contributed by atoms with Crippen molar-refractivity contribution >= 4 is 46.4 Å². The minimum atomic E-state index is -0.153. The first-order chi connectivity index (χ1) is 11.4. The quantitative estimate of drug-likeness (QED) is 0.810. The van der Waals surface area contributed by atoms with E-state index in [1.807, 2.05) is 13.8 Å². The summed E-state index contributed by atoms with van der Waals surface area (Å²) in [4.78, 5) is 28.3. The molecule has 3 rings (SSSR count). The molecule has 0 spiro atoms. The summed E-state index contributed by atoms with van der Waals surface area (Å²) in [7, 11) is 0. The molecule has 1 aliphatic rings. The third-order valence-corrected chi connectivity index (χ3v) is 5.07. The molecule has 2 aromatic rings. The number of hydrogen-bond donors (Lipinski definition) is 0. The molecule has 124 valence electrons. The lowest BCUT2D eigenvalue weighted by molar-refractivity contribution is -0.125. The first-order valence-electron chi connectivity index (χ1n) is 7.51. The van der Waals surface area contributed by atoms with Crippen LogP contribution in [0.3, 0.4) is 0 Å². The average Bonchev–Trinajstić information content (AvgIpc) is 2.55. The molecule has 0 N–H and O–H groups in total. The average molecular weight is 363 g/mol. The van der Waals surface area contributed by atoms with Gasteiger partial charge in [-0.15, -0.1) is 0 Å². The van der Waals surface area contributed by atoms with Crippen molar-refractivity contribution in [2.75, 3.05) is 22.9 Å². The normalized spacial score (nSPS) is 15.2. The molecule has 0 saturated carbocycles. The zero-order valence-corrected chi connectivity index (χ0v) is 14.9. The number of carbonyl (C=O) groups excluding carboxylic acids is 2. The lowest BCUT2D eigenvalue weighted by Gasteiger charge is -2.35. The molecule has 2 aromatic carbocycles. The number of halogens is 2. The van der Waals surface area contributed by atoms with Crippen LogP contribution in [-0.4, -0.2) is 24.9 Å². The van der Waals surface area contributed by atoms with E-state index in [0.717, 1.165) is 11.1 Å². The van der Waals surface area contributed by atoms with Gasteiger partial charge in [-0.25, -0.2) is 0 Å². The standard InChI is InChI=1S/C18H16Cl2N2O2/c1-11-13(19)5-3-7-15(11)21-9-18(24)22(10-17(21)23)16-8-4-6-14(20)12(16)2/h3-8H,9-10H2,1-2H3. The van der Waals surface area contributed by atoms with E-state index in [0.29, 0.717) is 21.4 Å². The SMILES string of the molecule is Cc1c(Cl)cccc1N1CC(=O)N(c2cccc(Cl)c2C)CC1=O. The van der Waals surface area contributed by atoms with Crippen molar-refractivity contribution in [3.8, 4) is 0 Å². The van der Waals surface area contributed by atoms with Gasteiger partial charge in [0.2, 0.25) is 11.8 Å². The Balaban J connectivity index is 1.93. The van der Waals surface area contributed by atoms with Crippen molar-refractivity contribution < 1.29 is 9.59 Å². The van der Waals surface area contributed by atoms with Gasteiger partial charge < -0.3 is 9.80 Å². The van der Waals surface area contributed by atoms with E-state index in [2.05, 4.69) is 0 Å². The van der Waals surface area contributed by atoms with Crippen molar-refractivity contribution in [3.05, 3.63) is 57.6 Å². The smallest absolute Gasteiger partial charge is 0.247 e. The highest BCUT2D eigenvalue weighted by Gasteiger charge is 2.33. The number of hydrogen-bond acceptors (Lipinski definition) is 2. The van der Waals surface area contributed by atoms with Crippen LogP contribution < -0.4 is 9.80 Å². The van der Waals surface area contributed by atoms with E-state index in [-0.39, 0.29) is 24.9 Å². The van der Waals surface area contributed by atoms with Crippen LogP contribution >= 0.6 is 23.2 Å². The highest BCUT2D eigenvalue weighted by atomic mass is 35.5. The Hall–Kier alpha value is -2.04. The van der Waals surface area contributed by atoms with Crippen LogP contribution in [0, 0.1) is 13.8 Å². The van der Waals surface area contributed by atoms with Gasteiger partial charge in [0.1, 0.15) is 13.1 Å². The molecule has 1 fully saturated rings. The number of piperazine rings is 1. The summed E-state index contributed by atoms with van der Waals surface area (Å²) < 4.78 is 0. The zero-order chi connectivity index (χ0) is 17.4. The molecular formula is C18H16Cl2N2O2. The van der Waals surface area contributed by atoms with Crippen molar-refractivity contribution in [1.29, 1.82) is 0 Å². The van der Waals surface area contributed by atoms with Crippen LogP contribution in [0.25, 0.3) is 0 Å². The Labute approximate surface area is 150 Å². The molecule has 24 heavy (non-hydrogen) atoms. The van der Waals surface area contributed by atoms with Crippen molar-refractivity contribution in [2.24, 2.45) is 0 Å². The van der Waals surface area contributed by atoms with Crippen LogP contribution in [-0.2, 0) is 9.59 Å². The summed E-state index contributed by atoms with van der Waals surface area (Å²) in [6, 6.07) is 10.7. The second-order valence-corrected chi connectivity index (χ2v) is 6.54. The molecule has 4 nitrogen and oxygen atoms in total. The molecule has 0 unspecified atom stereocenters. The third kappa shape index (κ3) is 2.87. The Morgan fingerprint density at radius 3 is 1.50 bits per heavy atom. The predicted molar refractivity (Wildman–Crippen MR) is 97.1 cm³/mol. The predicted octanol–water partition coefficient (Wildman–Crippen LogP) is 3.99. The fourth-order valence-corrected chi connectivity index (χ4v) is 3.17. The number of anilines is 2. The van der Waals surface area contributed by atoms with Gasteiger partial charge in [0.25, 0.3) is 0 Å². The number of benzene rings is 2. The first-order valence-corrected chi connectivity index (χ1v) is 8.26. The van der Waals surface area contributed by atoms with E-state index in [9.17, 15) is 9.59 Å². The monoisotopic (exact) mass is 362 g/mol. The van der Waals surface area contributed by atoms with Crippen molar-refractivity contribution in [1.82, 2.24) is 0 Å². The molecule has 6 heteroatoms. The maximum absolute atomic E-state index is 12.6. The van der Waals surface area contributed by atoms with Crippen LogP contribution in [0.15, 0.2) is 36.4 Å². The molecule has 0 radical (unpaired) electrons. The number of nitrogens with zero attached hydrogens (tertiary/aromatic N) is 2. The summed E-state index contributed by atoms with van der Waals surface area (Å²) in [5.41, 5.74) is 2.91. The minimum Gasteiger partial charge on any atom is -0.301 e. The van der Waals surface area contributed by atoms with Gasteiger partial charge in [0, 0.05) is 21.4 Å². The molecule has 1 aliphatic heterocycles. The van der Waals surface area contributed by atoms with E-state index in [1.54, 1.807) is 36.4 Å². The van der Waals surface area contributed by atoms with Gasteiger partial charge in [-0.3, -0.25) is 9.59 Å². The highest BCUT2D eigenvalue weighted by Crippen LogP contribution is 2.31. The highest BCUT2D eigenvalue weighted by molar-refractivity contribution is 6.32. The Morgan fingerprint density at radius 1 is 0.750 bits per heavy atom. The van der Waals surface area contributed by atoms with Crippen LogP contribution in [0.2, 0.25) is 10.0 Å². The molecule has 1 heterocycles. The Kier molecular flexibility index (Phi) is 4.52. The zero-order valence-electron chi connectivity index (χ0n) is 13.3. The molecule has 0 aliphatic carbocycles. The summed E-state index contributed by atoms with van der Waals surface area (Å²) in [6.45, 7) is 3.63. The lowest BCUT2D eigenvalue weighted by atomic mass is 10.1. The van der Waals surface area contributed by atoms with E-state index in [4.69, 9.17) is 23.2 Å². The lowest BCUT2D eigenvalue weighted by Crippen LogP contribution is -2.54. The van der Waals surface area contributed by atoms with Gasteiger partial charge in [0.05, 0.1) is 0 Å². The maximum Gasteiger partial charge on any atom is 0.247 e.